The molecule has 0 aliphatic rings. The number of halogens is 1. The number of alkyl halides is 1. The molecule has 0 radical (unpaired) electrons. The Labute approximate surface area is 70.0 Å². The zero-order valence-corrected chi connectivity index (χ0v) is 8.71. The molecule has 0 saturated carbocycles. The van der Waals surface area contributed by atoms with Crippen LogP contribution in [0, 0.1) is 11.3 Å². The van der Waals surface area contributed by atoms with Crippen molar-refractivity contribution >= 4 is 11.6 Å². The van der Waals surface area contributed by atoms with E-state index >= 15 is 0 Å². The van der Waals surface area contributed by atoms with Crippen molar-refractivity contribution in [3.05, 3.63) is 0 Å². The Morgan fingerprint density at radius 3 is 1.30 bits per heavy atom. The number of hydrogen-bond donors (Lipinski definition) is 0. The quantitative estimate of drug-likeness (QED) is 0.516. The van der Waals surface area contributed by atoms with Crippen LogP contribution < -0.4 is 0 Å². The Bertz CT molecular complexity index is 106. The minimum atomic E-state index is -0.0903. The van der Waals surface area contributed by atoms with Gasteiger partial charge in [0, 0.05) is 4.87 Å². The molecule has 0 heterocycles. The lowest BCUT2D eigenvalue weighted by atomic mass is 9.75. The monoisotopic (exact) mass is 162 g/mol. The van der Waals surface area contributed by atoms with Crippen LogP contribution in [0.2, 0.25) is 0 Å². The molecule has 10 heavy (non-hydrogen) atoms. The molecule has 0 fully saturated rings. The molecule has 0 bridgehead atoms. The van der Waals surface area contributed by atoms with Crippen LogP contribution in [0.1, 0.15) is 41.5 Å². The maximum absolute atomic E-state index is 6.35. The zero-order valence-electron chi connectivity index (χ0n) is 7.96. The summed E-state index contributed by atoms with van der Waals surface area (Å²) in [6.45, 7) is 13.0. The molecule has 0 aromatic carbocycles. The van der Waals surface area contributed by atoms with Gasteiger partial charge in [0.25, 0.3) is 0 Å². The fraction of sp³-hybridized carbons (Fsp3) is 1.00. The van der Waals surface area contributed by atoms with Crippen molar-refractivity contribution < 1.29 is 0 Å². The van der Waals surface area contributed by atoms with Crippen LogP contribution in [0.4, 0.5) is 0 Å². The highest BCUT2D eigenvalue weighted by atomic mass is 35.5. The SMILES string of the molecule is CC(C)C(C)(Cl)C(C)(C)C. The van der Waals surface area contributed by atoms with E-state index in [4.69, 9.17) is 11.6 Å². The van der Waals surface area contributed by atoms with Crippen LogP contribution >= 0.6 is 11.6 Å². The Hall–Kier alpha value is 0.290. The summed E-state index contributed by atoms with van der Waals surface area (Å²) in [7, 11) is 0. The van der Waals surface area contributed by atoms with E-state index in [2.05, 4.69) is 41.5 Å². The van der Waals surface area contributed by atoms with Gasteiger partial charge in [-0.05, 0) is 18.3 Å². The van der Waals surface area contributed by atoms with E-state index in [1.54, 1.807) is 0 Å². The van der Waals surface area contributed by atoms with Gasteiger partial charge in [0.05, 0.1) is 0 Å². The normalized spacial score (nSPS) is 19.2. The second kappa shape index (κ2) is 2.73. The average molecular weight is 163 g/mol. The lowest BCUT2D eigenvalue weighted by Gasteiger charge is -2.39. The van der Waals surface area contributed by atoms with E-state index in [0.29, 0.717) is 5.92 Å². The van der Waals surface area contributed by atoms with Crippen LogP contribution in [-0.2, 0) is 0 Å². The first-order valence-corrected chi connectivity index (χ1v) is 4.26. The summed E-state index contributed by atoms with van der Waals surface area (Å²) in [5.41, 5.74) is 0.183. The summed E-state index contributed by atoms with van der Waals surface area (Å²) >= 11 is 6.35. The first-order chi connectivity index (χ1) is 4.19. The summed E-state index contributed by atoms with van der Waals surface area (Å²) in [6, 6.07) is 0. The van der Waals surface area contributed by atoms with Gasteiger partial charge in [0.15, 0.2) is 0 Å². The van der Waals surface area contributed by atoms with E-state index < -0.39 is 0 Å². The second-order valence-electron chi connectivity index (χ2n) is 4.48. The van der Waals surface area contributed by atoms with Gasteiger partial charge < -0.3 is 0 Å². The van der Waals surface area contributed by atoms with Crippen molar-refractivity contribution in [1.82, 2.24) is 0 Å². The van der Waals surface area contributed by atoms with Gasteiger partial charge in [-0.15, -0.1) is 11.6 Å². The molecule has 0 aromatic rings. The molecule has 1 atom stereocenters. The molecule has 0 saturated heterocycles. The Morgan fingerprint density at radius 2 is 1.30 bits per heavy atom. The summed E-state index contributed by atoms with van der Waals surface area (Å²) in [5.74, 6) is 0.522. The Balaban J connectivity index is 4.40. The lowest BCUT2D eigenvalue weighted by Crippen LogP contribution is -2.38. The fourth-order valence-electron chi connectivity index (χ4n) is 0.866. The molecule has 0 nitrogen and oxygen atoms in total. The van der Waals surface area contributed by atoms with Crippen molar-refractivity contribution in [3.63, 3.8) is 0 Å². The van der Waals surface area contributed by atoms with Gasteiger partial charge in [0.2, 0.25) is 0 Å². The molecule has 0 aliphatic carbocycles. The first-order valence-electron chi connectivity index (χ1n) is 3.88. The lowest BCUT2D eigenvalue weighted by molar-refractivity contribution is 0.230. The summed E-state index contributed by atoms with van der Waals surface area (Å²) in [4.78, 5) is -0.0903. The minimum Gasteiger partial charge on any atom is -0.119 e. The third-order valence-electron chi connectivity index (χ3n) is 2.55. The van der Waals surface area contributed by atoms with Crippen LogP contribution in [-0.4, -0.2) is 4.87 Å². The van der Waals surface area contributed by atoms with Crippen molar-refractivity contribution in [3.8, 4) is 0 Å². The van der Waals surface area contributed by atoms with E-state index in [9.17, 15) is 0 Å². The summed E-state index contributed by atoms with van der Waals surface area (Å²) < 4.78 is 0. The Kier molecular flexibility index (Phi) is 2.81. The van der Waals surface area contributed by atoms with E-state index in [1.165, 1.54) is 0 Å². The highest BCUT2D eigenvalue weighted by Crippen LogP contribution is 2.41. The summed E-state index contributed by atoms with van der Waals surface area (Å²) in [5, 5.41) is 0. The van der Waals surface area contributed by atoms with E-state index in [1.807, 2.05) is 0 Å². The molecule has 62 valence electrons. The largest absolute Gasteiger partial charge is 0.119 e. The first kappa shape index (κ1) is 10.3. The smallest absolute Gasteiger partial charge is 0.0489 e. The third kappa shape index (κ3) is 1.88. The molecular formula is C9H19Cl. The molecule has 1 unspecified atom stereocenters. The predicted octanol–water partition coefficient (Wildman–Crippen LogP) is 3.69. The highest BCUT2D eigenvalue weighted by molar-refractivity contribution is 6.24. The standard InChI is InChI=1S/C9H19Cl/c1-7(2)9(6,10)8(3,4)5/h7H,1-6H3. The van der Waals surface area contributed by atoms with Gasteiger partial charge in [-0.1, -0.05) is 34.6 Å². The summed E-state index contributed by atoms with van der Waals surface area (Å²) in [6.07, 6.45) is 0. The van der Waals surface area contributed by atoms with Crippen LogP contribution in [0.15, 0.2) is 0 Å². The van der Waals surface area contributed by atoms with Gasteiger partial charge in [-0.2, -0.15) is 0 Å². The van der Waals surface area contributed by atoms with Crippen LogP contribution in [0.3, 0.4) is 0 Å². The highest BCUT2D eigenvalue weighted by Gasteiger charge is 2.37. The number of rotatable bonds is 1. The molecule has 0 spiro atoms. The molecule has 0 aromatic heterocycles. The van der Waals surface area contributed by atoms with Crippen molar-refractivity contribution in [1.29, 1.82) is 0 Å². The maximum Gasteiger partial charge on any atom is 0.0489 e. The predicted molar refractivity (Wildman–Crippen MR) is 48.6 cm³/mol. The van der Waals surface area contributed by atoms with Crippen molar-refractivity contribution in [2.24, 2.45) is 11.3 Å². The minimum absolute atomic E-state index is 0.0903. The van der Waals surface area contributed by atoms with E-state index in [0.717, 1.165) is 0 Å². The van der Waals surface area contributed by atoms with E-state index in [-0.39, 0.29) is 10.3 Å². The van der Waals surface area contributed by atoms with Gasteiger partial charge in [0.1, 0.15) is 0 Å². The topological polar surface area (TPSA) is 0 Å². The van der Waals surface area contributed by atoms with Gasteiger partial charge in [-0.3, -0.25) is 0 Å². The third-order valence-corrected chi connectivity index (χ3v) is 3.55. The van der Waals surface area contributed by atoms with Crippen LogP contribution in [0.5, 0.6) is 0 Å². The maximum atomic E-state index is 6.35. The molecule has 1 heteroatoms. The molecule has 0 aliphatic heterocycles. The fourth-order valence-corrected chi connectivity index (χ4v) is 0.866. The molecule has 0 rings (SSSR count). The molecule has 0 N–H and O–H groups in total. The zero-order chi connectivity index (χ0) is 8.58. The van der Waals surface area contributed by atoms with Gasteiger partial charge in [-0.25, -0.2) is 0 Å². The van der Waals surface area contributed by atoms with Crippen molar-refractivity contribution in [2.45, 2.75) is 46.4 Å². The number of hydrogen-bond acceptors (Lipinski definition) is 0. The average Bonchev–Trinajstić information content (AvgIpc) is 1.62. The Morgan fingerprint density at radius 1 is 1.00 bits per heavy atom. The molecule has 0 amide bonds. The second-order valence-corrected chi connectivity index (χ2v) is 5.27. The van der Waals surface area contributed by atoms with Crippen LogP contribution in [0.25, 0.3) is 0 Å². The molecular weight excluding hydrogens is 144 g/mol. The van der Waals surface area contributed by atoms with Gasteiger partial charge >= 0.3 is 0 Å². The van der Waals surface area contributed by atoms with Crippen molar-refractivity contribution in [2.75, 3.05) is 0 Å².